The first-order valence-electron chi connectivity index (χ1n) is 6.56. The van der Waals surface area contributed by atoms with Crippen LogP contribution >= 0.6 is 11.8 Å². The van der Waals surface area contributed by atoms with Gasteiger partial charge in [-0.05, 0) is 31.7 Å². The molecule has 0 aromatic heterocycles. The monoisotopic (exact) mass is 297 g/mol. The van der Waals surface area contributed by atoms with Gasteiger partial charge in [0.15, 0.2) is 11.5 Å². The number of aliphatic carboxylic acids is 1. The van der Waals surface area contributed by atoms with Gasteiger partial charge >= 0.3 is 5.97 Å². The van der Waals surface area contributed by atoms with Gasteiger partial charge in [-0.15, -0.1) is 11.8 Å². The highest BCUT2D eigenvalue weighted by molar-refractivity contribution is 7.99. The summed E-state index contributed by atoms with van der Waals surface area (Å²) in [4.78, 5) is 12.3. The smallest absolute Gasteiger partial charge is 0.324 e. The minimum atomic E-state index is -0.938. The first-order chi connectivity index (χ1) is 9.55. The van der Waals surface area contributed by atoms with E-state index in [2.05, 4.69) is 5.32 Å². The van der Waals surface area contributed by atoms with E-state index < -0.39 is 11.5 Å². The van der Waals surface area contributed by atoms with Crippen molar-refractivity contribution in [3.63, 3.8) is 0 Å². The Morgan fingerprint density at radius 1 is 1.40 bits per heavy atom. The number of carboxylic acids is 1. The maximum Gasteiger partial charge on any atom is 0.324 e. The lowest BCUT2D eigenvalue weighted by Gasteiger charge is -2.25. The molecule has 0 amide bonds. The molecule has 0 saturated heterocycles. The summed E-state index contributed by atoms with van der Waals surface area (Å²) >= 11 is 1.49. The van der Waals surface area contributed by atoms with E-state index in [1.165, 1.54) is 11.8 Å². The van der Waals surface area contributed by atoms with Crippen molar-refractivity contribution in [2.24, 2.45) is 0 Å². The van der Waals surface area contributed by atoms with Crippen molar-refractivity contribution >= 4 is 17.7 Å². The van der Waals surface area contributed by atoms with E-state index in [1.54, 1.807) is 6.92 Å². The van der Waals surface area contributed by atoms with Crippen LogP contribution in [0, 0.1) is 0 Å². The van der Waals surface area contributed by atoms with Crippen LogP contribution in [0.5, 0.6) is 11.5 Å². The molecule has 5 nitrogen and oxygen atoms in total. The Hall–Kier alpha value is -1.40. The molecule has 1 atom stereocenters. The van der Waals surface area contributed by atoms with E-state index in [1.807, 2.05) is 25.1 Å². The Kier molecular flexibility index (Phi) is 4.77. The van der Waals surface area contributed by atoms with Gasteiger partial charge in [-0.25, -0.2) is 0 Å². The Labute approximate surface area is 122 Å². The Bertz CT molecular complexity index is 494. The predicted octanol–water partition coefficient (Wildman–Crippen LogP) is 2.00. The molecule has 0 saturated carbocycles. The second-order valence-electron chi connectivity index (χ2n) is 4.76. The summed E-state index contributed by atoms with van der Waals surface area (Å²) in [7, 11) is 0. The van der Waals surface area contributed by atoms with Crippen LogP contribution in [0.3, 0.4) is 0 Å². The molecule has 1 unspecified atom stereocenters. The summed E-state index contributed by atoms with van der Waals surface area (Å²) in [5.74, 6) is 1.06. The number of nitrogens with one attached hydrogen (secondary N) is 1. The highest BCUT2D eigenvalue weighted by atomic mass is 32.2. The summed E-state index contributed by atoms with van der Waals surface area (Å²) in [6.07, 6.45) is 0. The van der Waals surface area contributed by atoms with Crippen molar-refractivity contribution in [2.75, 3.05) is 25.5 Å². The van der Waals surface area contributed by atoms with Crippen molar-refractivity contribution < 1.29 is 19.4 Å². The highest BCUT2D eigenvalue weighted by Gasteiger charge is 2.32. The fourth-order valence-corrected chi connectivity index (χ4v) is 2.96. The van der Waals surface area contributed by atoms with E-state index in [9.17, 15) is 9.90 Å². The van der Waals surface area contributed by atoms with Gasteiger partial charge in [0.25, 0.3) is 0 Å². The number of carboxylic acid groups (broad SMARTS) is 1. The van der Waals surface area contributed by atoms with Crippen molar-refractivity contribution in [1.29, 1.82) is 0 Å². The van der Waals surface area contributed by atoms with Crippen LogP contribution in [0.2, 0.25) is 0 Å². The molecule has 1 aliphatic heterocycles. The van der Waals surface area contributed by atoms with Crippen LogP contribution < -0.4 is 14.8 Å². The number of carbonyl (C=O) groups is 1. The third-order valence-electron chi connectivity index (χ3n) is 3.08. The van der Waals surface area contributed by atoms with Gasteiger partial charge in [0, 0.05) is 10.6 Å². The van der Waals surface area contributed by atoms with Gasteiger partial charge in [-0.1, -0.05) is 6.92 Å². The lowest BCUT2D eigenvalue weighted by molar-refractivity contribution is -0.143. The molecule has 2 N–H and O–H groups in total. The van der Waals surface area contributed by atoms with E-state index >= 15 is 0 Å². The Balaban J connectivity index is 2.04. The molecule has 0 fully saturated rings. The molecular weight excluding hydrogens is 278 g/mol. The molecule has 0 bridgehead atoms. The molecule has 20 heavy (non-hydrogen) atoms. The molecule has 1 aliphatic rings. The number of hydrogen-bond acceptors (Lipinski definition) is 5. The third kappa shape index (κ3) is 3.37. The molecule has 2 rings (SSSR count). The van der Waals surface area contributed by atoms with Gasteiger partial charge in [-0.2, -0.15) is 0 Å². The summed E-state index contributed by atoms with van der Waals surface area (Å²) < 4.78 is 11.0. The van der Waals surface area contributed by atoms with E-state index in [4.69, 9.17) is 9.47 Å². The van der Waals surface area contributed by atoms with Crippen LogP contribution in [0.1, 0.15) is 13.8 Å². The quantitative estimate of drug-likeness (QED) is 0.783. The summed E-state index contributed by atoms with van der Waals surface area (Å²) in [6.45, 7) is 5.33. The number of ether oxygens (including phenoxy) is 2. The summed E-state index contributed by atoms with van der Waals surface area (Å²) in [5, 5.41) is 12.3. The Morgan fingerprint density at radius 2 is 2.10 bits per heavy atom. The third-order valence-corrected chi connectivity index (χ3v) is 4.39. The lowest BCUT2D eigenvalue weighted by atomic mass is 10.1. The van der Waals surface area contributed by atoms with Gasteiger partial charge < -0.3 is 19.9 Å². The zero-order valence-corrected chi connectivity index (χ0v) is 12.5. The van der Waals surface area contributed by atoms with Crippen molar-refractivity contribution in [1.82, 2.24) is 5.32 Å². The fraction of sp³-hybridized carbons (Fsp3) is 0.500. The van der Waals surface area contributed by atoms with Gasteiger partial charge in [0.1, 0.15) is 18.8 Å². The minimum Gasteiger partial charge on any atom is -0.486 e. The largest absolute Gasteiger partial charge is 0.486 e. The molecule has 1 aromatic rings. The molecule has 0 radical (unpaired) electrons. The van der Waals surface area contributed by atoms with Gasteiger partial charge in [-0.3, -0.25) is 4.79 Å². The SMILES string of the molecule is CCNC(C)(CSc1ccc2c(c1)OCCO2)C(=O)O. The maximum absolute atomic E-state index is 11.3. The second-order valence-corrected chi connectivity index (χ2v) is 5.81. The van der Waals surface area contributed by atoms with Crippen LogP contribution in [0.25, 0.3) is 0 Å². The number of hydrogen-bond donors (Lipinski definition) is 2. The first-order valence-corrected chi connectivity index (χ1v) is 7.54. The zero-order chi connectivity index (χ0) is 14.6. The maximum atomic E-state index is 11.3. The molecule has 0 aliphatic carbocycles. The number of rotatable bonds is 6. The lowest BCUT2D eigenvalue weighted by Crippen LogP contribution is -2.51. The summed E-state index contributed by atoms with van der Waals surface area (Å²) in [6, 6.07) is 5.68. The minimum absolute atomic E-state index is 0.440. The normalized spacial score (nSPS) is 16.5. The number of thioether (sulfide) groups is 1. The van der Waals surface area contributed by atoms with E-state index in [0.29, 0.717) is 25.5 Å². The number of likely N-dealkylation sites (N-methyl/N-ethyl adjacent to an activating group) is 1. The van der Waals surface area contributed by atoms with Gasteiger partial charge in [0.05, 0.1) is 0 Å². The molecule has 1 heterocycles. The van der Waals surface area contributed by atoms with Crippen molar-refractivity contribution in [3.05, 3.63) is 18.2 Å². The fourth-order valence-electron chi connectivity index (χ4n) is 1.92. The summed E-state index contributed by atoms with van der Waals surface area (Å²) in [5.41, 5.74) is -0.938. The topological polar surface area (TPSA) is 67.8 Å². The van der Waals surface area contributed by atoms with Gasteiger partial charge in [0.2, 0.25) is 0 Å². The molecule has 1 aromatic carbocycles. The average Bonchev–Trinajstić information content (AvgIpc) is 2.45. The molecule has 110 valence electrons. The van der Waals surface area contributed by atoms with Crippen LogP contribution in [0.15, 0.2) is 23.1 Å². The Morgan fingerprint density at radius 3 is 2.75 bits per heavy atom. The van der Waals surface area contributed by atoms with E-state index in [-0.39, 0.29) is 0 Å². The molecule has 6 heteroatoms. The van der Waals surface area contributed by atoms with Crippen molar-refractivity contribution in [2.45, 2.75) is 24.3 Å². The van der Waals surface area contributed by atoms with E-state index in [0.717, 1.165) is 16.4 Å². The van der Waals surface area contributed by atoms with Crippen LogP contribution in [-0.2, 0) is 4.79 Å². The predicted molar refractivity (Wildman–Crippen MR) is 77.9 cm³/mol. The number of fused-ring (bicyclic) bond motifs is 1. The standard InChI is InChI=1S/C14H19NO4S/c1-3-15-14(2,13(16)17)9-20-10-4-5-11-12(8-10)19-7-6-18-11/h4-5,8,15H,3,6-7,9H2,1-2H3,(H,16,17). The number of benzene rings is 1. The first kappa shape index (κ1) is 15.0. The van der Waals surface area contributed by atoms with Crippen molar-refractivity contribution in [3.8, 4) is 11.5 Å². The molecular formula is C14H19NO4S. The second kappa shape index (κ2) is 6.37. The van der Waals surface area contributed by atoms with Crippen LogP contribution in [0.4, 0.5) is 0 Å². The van der Waals surface area contributed by atoms with Crippen LogP contribution in [-0.4, -0.2) is 42.1 Å². The average molecular weight is 297 g/mol. The highest BCUT2D eigenvalue weighted by Crippen LogP contribution is 2.35. The zero-order valence-electron chi connectivity index (χ0n) is 11.6. The molecule has 0 spiro atoms.